The molecule has 0 aromatic carbocycles. The van der Waals surface area contributed by atoms with Gasteiger partial charge in [0.05, 0.1) is 18.9 Å². The lowest BCUT2D eigenvalue weighted by Crippen LogP contribution is -2.36. The molecule has 18 heavy (non-hydrogen) atoms. The van der Waals surface area contributed by atoms with Crippen molar-refractivity contribution in [3.05, 3.63) is 23.7 Å². The molecule has 1 aromatic heterocycles. The summed E-state index contributed by atoms with van der Waals surface area (Å²) in [7, 11) is 0. The zero-order valence-electron chi connectivity index (χ0n) is 10.5. The van der Waals surface area contributed by atoms with Crippen LogP contribution in [0, 0.1) is 5.92 Å². The molecule has 0 spiro atoms. The van der Waals surface area contributed by atoms with Crippen LogP contribution in [-0.4, -0.2) is 40.3 Å². The van der Waals surface area contributed by atoms with Crippen LogP contribution in [0.3, 0.4) is 0 Å². The first kappa shape index (κ1) is 13.1. The second kappa shape index (κ2) is 5.54. The lowest BCUT2D eigenvalue weighted by atomic mass is 9.92. The molecule has 1 aromatic rings. The molecule has 0 bridgehead atoms. The van der Waals surface area contributed by atoms with Crippen LogP contribution in [0.2, 0.25) is 0 Å². The van der Waals surface area contributed by atoms with Crippen molar-refractivity contribution in [1.82, 2.24) is 4.90 Å². The predicted octanol–water partition coefficient (Wildman–Crippen LogP) is 1.57. The summed E-state index contributed by atoms with van der Waals surface area (Å²) in [4.78, 5) is 13.1. The Morgan fingerprint density at radius 1 is 1.56 bits per heavy atom. The summed E-state index contributed by atoms with van der Waals surface area (Å²) < 4.78 is 5.23. The van der Waals surface area contributed by atoms with E-state index in [0.717, 1.165) is 25.9 Å². The van der Waals surface area contributed by atoms with Crippen molar-refractivity contribution in [1.29, 1.82) is 0 Å². The minimum atomic E-state index is -0.947. The molecule has 5 heteroatoms. The number of aliphatic hydroxyl groups is 1. The highest BCUT2D eigenvalue weighted by molar-refractivity contribution is 5.88. The molecular formula is C13H19NO4. The van der Waals surface area contributed by atoms with Gasteiger partial charge < -0.3 is 14.6 Å². The fourth-order valence-electron chi connectivity index (χ4n) is 2.45. The van der Waals surface area contributed by atoms with Gasteiger partial charge in [-0.25, -0.2) is 4.79 Å². The molecule has 5 nitrogen and oxygen atoms in total. The number of likely N-dealkylation sites (tertiary alicyclic amines) is 1. The second-order valence-corrected chi connectivity index (χ2v) is 4.92. The van der Waals surface area contributed by atoms with Crippen molar-refractivity contribution in [2.45, 2.75) is 32.4 Å². The van der Waals surface area contributed by atoms with Crippen molar-refractivity contribution >= 4 is 5.97 Å². The largest absolute Gasteiger partial charge is 0.478 e. The van der Waals surface area contributed by atoms with Crippen LogP contribution in [0.25, 0.3) is 0 Å². The molecule has 1 atom stereocenters. The normalized spacial score (nSPS) is 19.9. The van der Waals surface area contributed by atoms with E-state index < -0.39 is 5.97 Å². The van der Waals surface area contributed by atoms with Gasteiger partial charge in [0.1, 0.15) is 11.3 Å². The van der Waals surface area contributed by atoms with E-state index in [-0.39, 0.29) is 11.7 Å². The van der Waals surface area contributed by atoms with Gasteiger partial charge in [-0.05, 0) is 44.8 Å². The van der Waals surface area contributed by atoms with E-state index in [9.17, 15) is 9.90 Å². The zero-order chi connectivity index (χ0) is 13.1. The van der Waals surface area contributed by atoms with Gasteiger partial charge in [0.15, 0.2) is 0 Å². The van der Waals surface area contributed by atoms with Crippen molar-refractivity contribution < 1.29 is 19.4 Å². The van der Waals surface area contributed by atoms with Crippen molar-refractivity contribution in [3.63, 3.8) is 0 Å². The predicted molar refractivity (Wildman–Crippen MR) is 65.3 cm³/mol. The lowest BCUT2D eigenvalue weighted by molar-refractivity contribution is 0.0652. The maximum Gasteiger partial charge on any atom is 0.339 e. The SMILES string of the molecule is CC(O)C1CCN(Cc2occc2C(=O)O)CC1. The van der Waals surface area contributed by atoms with Crippen molar-refractivity contribution in [3.8, 4) is 0 Å². The van der Waals surface area contributed by atoms with Crippen molar-refractivity contribution in [2.24, 2.45) is 5.92 Å². The molecule has 1 aliphatic heterocycles. The lowest BCUT2D eigenvalue weighted by Gasteiger charge is -2.32. The second-order valence-electron chi connectivity index (χ2n) is 4.92. The van der Waals surface area contributed by atoms with Gasteiger partial charge in [0.2, 0.25) is 0 Å². The Bertz CT molecular complexity index is 405. The average Bonchev–Trinajstić information content (AvgIpc) is 2.78. The number of nitrogens with zero attached hydrogens (tertiary/aromatic N) is 1. The van der Waals surface area contributed by atoms with E-state index in [1.807, 2.05) is 6.92 Å². The summed E-state index contributed by atoms with van der Waals surface area (Å²) in [5.41, 5.74) is 0.243. The summed E-state index contributed by atoms with van der Waals surface area (Å²) in [6.07, 6.45) is 3.05. The van der Waals surface area contributed by atoms with Gasteiger partial charge in [-0.1, -0.05) is 0 Å². The summed E-state index contributed by atoms with van der Waals surface area (Å²) in [6.45, 7) is 4.10. The third kappa shape index (κ3) is 2.91. The number of furan rings is 1. The Labute approximate surface area is 106 Å². The summed E-state index contributed by atoms with van der Waals surface area (Å²) in [6, 6.07) is 1.49. The van der Waals surface area contributed by atoms with Gasteiger partial charge in [-0.2, -0.15) is 0 Å². The van der Waals surface area contributed by atoms with Crippen LogP contribution in [0.15, 0.2) is 16.7 Å². The number of hydrogen-bond donors (Lipinski definition) is 2. The first-order chi connectivity index (χ1) is 8.58. The molecule has 1 fully saturated rings. The Morgan fingerprint density at radius 3 is 2.78 bits per heavy atom. The summed E-state index contributed by atoms with van der Waals surface area (Å²) >= 11 is 0. The third-order valence-electron chi connectivity index (χ3n) is 3.66. The van der Waals surface area contributed by atoms with E-state index >= 15 is 0 Å². The highest BCUT2D eigenvalue weighted by atomic mass is 16.4. The van der Waals surface area contributed by atoms with E-state index in [1.54, 1.807) is 0 Å². The Kier molecular flexibility index (Phi) is 4.04. The van der Waals surface area contributed by atoms with E-state index in [4.69, 9.17) is 9.52 Å². The Balaban J connectivity index is 1.91. The minimum absolute atomic E-state index is 0.243. The summed E-state index contributed by atoms with van der Waals surface area (Å²) in [5, 5.41) is 18.5. The molecule has 2 N–H and O–H groups in total. The number of piperidine rings is 1. The van der Waals surface area contributed by atoms with E-state index in [1.165, 1.54) is 12.3 Å². The molecule has 1 saturated heterocycles. The van der Waals surface area contributed by atoms with Gasteiger partial charge in [0.25, 0.3) is 0 Å². The maximum absolute atomic E-state index is 11.0. The Morgan fingerprint density at radius 2 is 2.22 bits per heavy atom. The zero-order valence-corrected chi connectivity index (χ0v) is 10.5. The number of aromatic carboxylic acids is 1. The third-order valence-corrected chi connectivity index (χ3v) is 3.66. The average molecular weight is 253 g/mol. The molecule has 0 saturated carbocycles. The van der Waals surface area contributed by atoms with Crippen LogP contribution in [0.4, 0.5) is 0 Å². The van der Waals surface area contributed by atoms with Gasteiger partial charge in [-0.15, -0.1) is 0 Å². The number of carboxylic acid groups (broad SMARTS) is 1. The summed E-state index contributed by atoms with van der Waals surface area (Å²) in [5.74, 6) is -0.0765. The monoisotopic (exact) mass is 253 g/mol. The molecule has 0 amide bonds. The fourth-order valence-corrected chi connectivity index (χ4v) is 2.45. The molecule has 2 heterocycles. The molecule has 2 rings (SSSR count). The van der Waals surface area contributed by atoms with Crippen LogP contribution >= 0.6 is 0 Å². The van der Waals surface area contributed by atoms with Crippen molar-refractivity contribution in [2.75, 3.05) is 13.1 Å². The number of aliphatic hydroxyl groups excluding tert-OH is 1. The highest BCUT2D eigenvalue weighted by Crippen LogP contribution is 2.23. The number of rotatable bonds is 4. The molecule has 100 valence electrons. The van der Waals surface area contributed by atoms with E-state index in [0.29, 0.717) is 18.2 Å². The van der Waals surface area contributed by atoms with Crippen LogP contribution in [0.1, 0.15) is 35.9 Å². The van der Waals surface area contributed by atoms with Crippen LogP contribution in [0.5, 0.6) is 0 Å². The number of hydrogen-bond acceptors (Lipinski definition) is 4. The molecule has 0 aliphatic carbocycles. The van der Waals surface area contributed by atoms with Gasteiger partial charge >= 0.3 is 5.97 Å². The molecule has 0 radical (unpaired) electrons. The minimum Gasteiger partial charge on any atom is -0.478 e. The first-order valence-corrected chi connectivity index (χ1v) is 6.28. The molecule has 1 aliphatic rings. The molecule has 1 unspecified atom stereocenters. The standard InChI is InChI=1S/C13H19NO4/c1-9(15)10-2-5-14(6-3-10)8-12-11(13(16)17)4-7-18-12/h4,7,9-10,15H,2-3,5-6,8H2,1H3,(H,16,17). The first-order valence-electron chi connectivity index (χ1n) is 6.28. The van der Waals surface area contributed by atoms with E-state index in [2.05, 4.69) is 4.90 Å². The van der Waals surface area contributed by atoms with Gasteiger partial charge in [-0.3, -0.25) is 4.90 Å². The van der Waals surface area contributed by atoms with Crippen LogP contribution in [-0.2, 0) is 6.54 Å². The van der Waals surface area contributed by atoms with Crippen LogP contribution < -0.4 is 0 Å². The van der Waals surface area contributed by atoms with Gasteiger partial charge in [0, 0.05) is 0 Å². The topological polar surface area (TPSA) is 73.9 Å². The Hall–Kier alpha value is -1.33. The smallest absolute Gasteiger partial charge is 0.339 e. The maximum atomic E-state index is 11.0. The fraction of sp³-hybridized carbons (Fsp3) is 0.615. The highest BCUT2D eigenvalue weighted by Gasteiger charge is 2.24. The quantitative estimate of drug-likeness (QED) is 0.852. The number of carboxylic acids is 1. The molecular weight excluding hydrogens is 234 g/mol. The number of carbonyl (C=O) groups is 1.